The molecular formula is C21H26N2O4. The molecule has 1 saturated heterocycles. The molecule has 0 radical (unpaired) electrons. The van der Waals surface area contributed by atoms with E-state index < -0.39 is 6.10 Å². The molecule has 2 aliphatic rings. The number of piperidine rings is 1. The predicted molar refractivity (Wildman–Crippen MR) is 102 cm³/mol. The van der Waals surface area contributed by atoms with Gasteiger partial charge >= 0.3 is 0 Å². The number of ether oxygens (including phenoxy) is 2. The van der Waals surface area contributed by atoms with E-state index in [1.165, 1.54) is 0 Å². The van der Waals surface area contributed by atoms with E-state index in [4.69, 9.17) is 9.47 Å². The summed E-state index contributed by atoms with van der Waals surface area (Å²) in [6.07, 6.45) is 0.542. The van der Waals surface area contributed by atoms with Crippen molar-refractivity contribution < 1.29 is 14.6 Å². The minimum absolute atomic E-state index is 0.0980. The summed E-state index contributed by atoms with van der Waals surface area (Å²) in [4.78, 5) is 14.4. The third kappa shape index (κ3) is 3.87. The van der Waals surface area contributed by atoms with Crippen LogP contribution in [0, 0.1) is 5.92 Å². The van der Waals surface area contributed by atoms with E-state index in [1.54, 1.807) is 13.2 Å². The summed E-state index contributed by atoms with van der Waals surface area (Å²) < 4.78 is 13.0. The monoisotopic (exact) mass is 370 g/mol. The van der Waals surface area contributed by atoms with Crippen LogP contribution in [0.4, 0.5) is 0 Å². The fraction of sp³-hybridized carbons (Fsp3) is 0.476. The van der Waals surface area contributed by atoms with Crippen LogP contribution in [0.25, 0.3) is 0 Å². The molecule has 0 spiro atoms. The Kier molecular flexibility index (Phi) is 5.18. The van der Waals surface area contributed by atoms with Crippen molar-refractivity contribution in [2.45, 2.75) is 25.0 Å². The highest BCUT2D eigenvalue weighted by atomic mass is 16.5. The minimum Gasteiger partial charge on any atom is -0.493 e. The number of benzene rings is 1. The summed E-state index contributed by atoms with van der Waals surface area (Å²) in [5, 5.41) is 10.5. The molecule has 0 aliphatic carbocycles. The Morgan fingerprint density at radius 1 is 1.11 bits per heavy atom. The Hall–Kier alpha value is -2.31. The fourth-order valence-corrected chi connectivity index (χ4v) is 4.42. The van der Waals surface area contributed by atoms with Crippen molar-refractivity contribution in [3.8, 4) is 11.5 Å². The minimum atomic E-state index is -0.577. The number of pyridine rings is 1. The summed E-state index contributed by atoms with van der Waals surface area (Å²) in [6.45, 7) is 3.34. The number of para-hydroxylation sites is 2. The van der Waals surface area contributed by atoms with Gasteiger partial charge in [-0.15, -0.1) is 0 Å². The Labute approximate surface area is 158 Å². The van der Waals surface area contributed by atoms with Crippen molar-refractivity contribution in [2.24, 2.45) is 5.92 Å². The third-order valence-electron chi connectivity index (χ3n) is 5.52. The van der Waals surface area contributed by atoms with Gasteiger partial charge in [-0.3, -0.25) is 9.69 Å². The van der Waals surface area contributed by atoms with Crippen LogP contribution in [0.3, 0.4) is 0 Å². The summed E-state index contributed by atoms with van der Waals surface area (Å²) >= 11 is 0. The number of hydrogen-bond donors (Lipinski definition) is 1. The lowest BCUT2D eigenvalue weighted by Crippen LogP contribution is -2.49. The summed E-state index contributed by atoms with van der Waals surface area (Å²) in [7, 11) is 1.61. The van der Waals surface area contributed by atoms with Gasteiger partial charge in [0.25, 0.3) is 5.56 Å². The van der Waals surface area contributed by atoms with Gasteiger partial charge in [-0.2, -0.15) is 0 Å². The molecule has 2 aromatic rings. The number of fused-ring (bicyclic) bond motifs is 4. The molecule has 6 heteroatoms. The maximum atomic E-state index is 12.1. The van der Waals surface area contributed by atoms with Gasteiger partial charge in [0.2, 0.25) is 0 Å². The van der Waals surface area contributed by atoms with Gasteiger partial charge in [-0.25, -0.2) is 0 Å². The summed E-state index contributed by atoms with van der Waals surface area (Å²) in [6, 6.07) is 13.0. The molecule has 144 valence electrons. The van der Waals surface area contributed by atoms with Crippen LogP contribution in [0.15, 0.2) is 47.3 Å². The van der Waals surface area contributed by atoms with Gasteiger partial charge in [0.15, 0.2) is 11.5 Å². The van der Waals surface area contributed by atoms with Crippen molar-refractivity contribution >= 4 is 0 Å². The topological polar surface area (TPSA) is 63.9 Å². The quantitative estimate of drug-likeness (QED) is 0.839. The number of aliphatic hydroxyl groups excluding tert-OH is 1. The van der Waals surface area contributed by atoms with Crippen LogP contribution in [-0.4, -0.2) is 54.0 Å². The Bertz CT molecular complexity index is 850. The molecule has 2 bridgehead atoms. The molecule has 0 amide bonds. The highest BCUT2D eigenvalue weighted by Crippen LogP contribution is 2.35. The second kappa shape index (κ2) is 7.74. The summed E-state index contributed by atoms with van der Waals surface area (Å²) in [5.74, 6) is 2.12. The van der Waals surface area contributed by atoms with Crippen LogP contribution >= 0.6 is 0 Å². The highest BCUT2D eigenvalue weighted by Gasteiger charge is 2.34. The standard InChI is InChI=1S/C21H26N2O4/c1-26-19-6-2-3-7-20(19)27-14-17(24)13-22-10-15-9-16(12-22)18-5-4-8-21(25)23(18)11-15/h2-8,15-17,24H,9-14H2,1H3/t15-,16-,17-/m1/s1. The average Bonchev–Trinajstić information content (AvgIpc) is 2.67. The van der Waals surface area contributed by atoms with E-state index in [-0.39, 0.29) is 12.2 Å². The number of hydrogen-bond acceptors (Lipinski definition) is 5. The largest absolute Gasteiger partial charge is 0.493 e. The van der Waals surface area contributed by atoms with Gasteiger partial charge in [0, 0.05) is 43.9 Å². The van der Waals surface area contributed by atoms with Crippen molar-refractivity contribution in [1.29, 1.82) is 0 Å². The molecule has 27 heavy (non-hydrogen) atoms. The van der Waals surface area contributed by atoms with Crippen molar-refractivity contribution in [2.75, 3.05) is 33.4 Å². The SMILES string of the molecule is COc1ccccc1OC[C@H](O)CN1C[C@H]2C[C@H](C1)c1cccc(=O)n1C2. The molecule has 1 fully saturated rings. The molecule has 1 aromatic carbocycles. The predicted octanol–water partition coefficient (Wildman–Crippen LogP) is 1.72. The lowest BCUT2D eigenvalue weighted by Gasteiger charge is -2.43. The zero-order valence-electron chi connectivity index (χ0n) is 15.6. The first-order valence-electron chi connectivity index (χ1n) is 9.50. The number of β-amino-alcohol motifs (C(OH)–C–C–N with tert-alkyl or cyclic N) is 1. The van der Waals surface area contributed by atoms with Gasteiger partial charge in [-0.1, -0.05) is 18.2 Å². The number of aliphatic hydroxyl groups is 1. The van der Waals surface area contributed by atoms with Crippen molar-refractivity contribution in [3.63, 3.8) is 0 Å². The molecule has 4 rings (SSSR count). The molecule has 2 aliphatic heterocycles. The first kappa shape index (κ1) is 18.1. The molecule has 3 atom stereocenters. The van der Waals surface area contributed by atoms with E-state index in [0.29, 0.717) is 29.9 Å². The molecular weight excluding hydrogens is 344 g/mol. The maximum absolute atomic E-state index is 12.1. The smallest absolute Gasteiger partial charge is 0.250 e. The summed E-state index contributed by atoms with van der Waals surface area (Å²) in [5.41, 5.74) is 1.23. The highest BCUT2D eigenvalue weighted by molar-refractivity contribution is 5.39. The number of methoxy groups -OCH3 is 1. The second-order valence-electron chi connectivity index (χ2n) is 7.53. The van der Waals surface area contributed by atoms with E-state index in [2.05, 4.69) is 11.0 Å². The van der Waals surface area contributed by atoms with Gasteiger partial charge < -0.3 is 19.1 Å². The maximum Gasteiger partial charge on any atom is 0.250 e. The third-order valence-corrected chi connectivity index (χ3v) is 5.52. The van der Waals surface area contributed by atoms with Gasteiger partial charge in [0.05, 0.1) is 7.11 Å². The van der Waals surface area contributed by atoms with Crippen LogP contribution in [0.2, 0.25) is 0 Å². The number of rotatable bonds is 6. The van der Waals surface area contributed by atoms with Crippen LogP contribution in [0.1, 0.15) is 18.0 Å². The van der Waals surface area contributed by atoms with Crippen LogP contribution < -0.4 is 15.0 Å². The lowest BCUT2D eigenvalue weighted by molar-refractivity contribution is 0.0379. The van der Waals surface area contributed by atoms with E-state index in [9.17, 15) is 9.90 Å². The number of aromatic nitrogens is 1. The zero-order valence-corrected chi connectivity index (χ0v) is 15.6. The normalized spacial score (nSPS) is 22.7. The lowest BCUT2D eigenvalue weighted by atomic mass is 9.83. The van der Waals surface area contributed by atoms with Crippen molar-refractivity contribution in [1.82, 2.24) is 9.47 Å². The molecule has 1 N–H and O–H groups in total. The second-order valence-corrected chi connectivity index (χ2v) is 7.53. The molecule has 1 aromatic heterocycles. The van der Waals surface area contributed by atoms with Crippen molar-refractivity contribution in [3.05, 3.63) is 58.5 Å². The first-order valence-corrected chi connectivity index (χ1v) is 9.50. The van der Waals surface area contributed by atoms with Gasteiger partial charge in [-0.05, 0) is 30.5 Å². The molecule has 0 saturated carbocycles. The number of likely N-dealkylation sites (tertiary alicyclic amines) is 1. The van der Waals surface area contributed by atoms with E-state index in [1.807, 2.05) is 34.9 Å². The van der Waals surface area contributed by atoms with Crippen LogP contribution in [-0.2, 0) is 6.54 Å². The number of nitrogens with zero attached hydrogens (tertiary/aromatic N) is 2. The Morgan fingerprint density at radius 3 is 2.74 bits per heavy atom. The van der Waals surface area contributed by atoms with E-state index >= 15 is 0 Å². The zero-order chi connectivity index (χ0) is 18.8. The van der Waals surface area contributed by atoms with Gasteiger partial charge in [0.1, 0.15) is 12.7 Å². The Morgan fingerprint density at radius 2 is 1.93 bits per heavy atom. The van der Waals surface area contributed by atoms with E-state index in [0.717, 1.165) is 31.7 Å². The average molecular weight is 370 g/mol. The Balaban J connectivity index is 1.36. The molecule has 3 heterocycles. The van der Waals surface area contributed by atoms with Crippen LogP contribution in [0.5, 0.6) is 11.5 Å². The molecule has 6 nitrogen and oxygen atoms in total. The fourth-order valence-electron chi connectivity index (χ4n) is 4.42. The first-order chi connectivity index (χ1) is 13.1. The molecule has 0 unspecified atom stereocenters.